The topological polar surface area (TPSA) is 47.7 Å². The number of nitrogens with zero attached hydrogens (tertiary/aromatic N) is 1. The number of rotatable bonds is 5. The van der Waals surface area contributed by atoms with Crippen molar-refractivity contribution in [2.45, 2.75) is 25.5 Å². The molecule has 1 saturated heterocycles. The lowest BCUT2D eigenvalue weighted by Crippen LogP contribution is -2.28. The molecule has 1 unspecified atom stereocenters. The summed E-state index contributed by atoms with van der Waals surface area (Å²) in [7, 11) is 3.79. The molecule has 1 aliphatic heterocycles. The Morgan fingerprint density at radius 2 is 2.33 bits per heavy atom. The van der Waals surface area contributed by atoms with Crippen molar-refractivity contribution in [1.29, 1.82) is 0 Å². The number of hydrogen-bond donors (Lipinski definition) is 1. The van der Waals surface area contributed by atoms with E-state index in [0.29, 0.717) is 6.10 Å². The van der Waals surface area contributed by atoms with Gasteiger partial charge < -0.3 is 15.2 Å². The molecular formula is C14H22N2O2. The number of nitrogens with two attached hydrogens (primary N) is 1. The van der Waals surface area contributed by atoms with Crippen LogP contribution < -0.4 is 10.5 Å². The van der Waals surface area contributed by atoms with Crippen LogP contribution in [-0.4, -0.2) is 38.3 Å². The summed E-state index contributed by atoms with van der Waals surface area (Å²) in [4.78, 5) is 2.26. The van der Waals surface area contributed by atoms with Crippen LogP contribution in [0.1, 0.15) is 18.4 Å². The summed E-state index contributed by atoms with van der Waals surface area (Å²) in [6.07, 6.45) is 2.72. The minimum atomic E-state index is 0.377. The van der Waals surface area contributed by atoms with Crippen LogP contribution in [-0.2, 0) is 11.3 Å². The number of nitrogen functional groups attached to an aromatic ring is 1. The van der Waals surface area contributed by atoms with Gasteiger partial charge in [0.05, 0.1) is 13.2 Å². The van der Waals surface area contributed by atoms with E-state index in [9.17, 15) is 0 Å². The molecule has 1 fully saturated rings. The maximum Gasteiger partial charge on any atom is 0.123 e. The molecule has 1 heterocycles. The predicted molar refractivity (Wildman–Crippen MR) is 72.7 cm³/mol. The minimum absolute atomic E-state index is 0.377. The van der Waals surface area contributed by atoms with Gasteiger partial charge in [-0.25, -0.2) is 0 Å². The Labute approximate surface area is 109 Å². The number of ether oxygens (including phenoxy) is 2. The fraction of sp³-hybridized carbons (Fsp3) is 0.571. The van der Waals surface area contributed by atoms with E-state index < -0.39 is 0 Å². The average Bonchev–Trinajstić information content (AvgIpc) is 2.82. The third-order valence-corrected chi connectivity index (χ3v) is 3.28. The zero-order chi connectivity index (χ0) is 13.0. The lowest BCUT2D eigenvalue weighted by atomic mass is 10.1. The summed E-state index contributed by atoms with van der Waals surface area (Å²) < 4.78 is 11.0. The monoisotopic (exact) mass is 250 g/mol. The van der Waals surface area contributed by atoms with Gasteiger partial charge in [0.2, 0.25) is 0 Å². The summed E-state index contributed by atoms with van der Waals surface area (Å²) >= 11 is 0. The molecule has 0 spiro atoms. The van der Waals surface area contributed by atoms with Gasteiger partial charge in [0.25, 0.3) is 0 Å². The van der Waals surface area contributed by atoms with Crippen LogP contribution in [0.5, 0.6) is 5.75 Å². The molecule has 4 nitrogen and oxygen atoms in total. The highest BCUT2D eigenvalue weighted by Crippen LogP contribution is 2.23. The molecule has 0 aromatic heterocycles. The Bertz CT molecular complexity index is 389. The zero-order valence-electron chi connectivity index (χ0n) is 11.2. The SMILES string of the molecule is COc1ccc(N)cc1CN(C)CC1CCCO1. The molecule has 0 bridgehead atoms. The molecule has 4 heteroatoms. The van der Waals surface area contributed by atoms with Crippen molar-refractivity contribution in [2.75, 3.05) is 33.0 Å². The molecule has 1 aliphatic rings. The maximum absolute atomic E-state index is 5.82. The first-order chi connectivity index (χ1) is 8.69. The first-order valence-corrected chi connectivity index (χ1v) is 6.41. The summed E-state index contributed by atoms with van der Waals surface area (Å²) in [6.45, 7) is 2.69. The van der Waals surface area contributed by atoms with E-state index >= 15 is 0 Å². The van der Waals surface area contributed by atoms with Crippen LogP contribution in [0.25, 0.3) is 0 Å². The molecule has 1 atom stereocenters. The van der Waals surface area contributed by atoms with E-state index in [1.807, 2.05) is 18.2 Å². The molecule has 2 N–H and O–H groups in total. The highest BCUT2D eigenvalue weighted by atomic mass is 16.5. The van der Waals surface area contributed by atoms with Crippen LogP contribution in [0.15, 0.2) is 18.2 Å². The Morgan fingerprint density at radius 1 is 1.50 bits per heavy atom. The standard InChI is InChI=1S/C14H22N2O2/c1-16(10-13-4-3-7-18-13)9-11-8-12(15)5-6-14(11)17-2/h5-6,8,13H,3-4,7,9-10,15H2,1-2H3. The highest BCUT2D eigenvalue weighted by molar-refractivity contribution is 5.47. The second-order valence-electron chi connectivity index (χ2n) is 4.90. The minimum Gasteiger partial charge on any atom is -0.496 e. The van der Waals surface area contributed by atoms with Crippen LogP contribution in [0.3, 0.4) is 0 Å². The third kappa shape index (κ3) is 3.37. The van der Waals surface area contributed by atoms with E-state index in [1.165, 1.54) is 12.8 Å². The lowest BCUT2D eigenvalue weighted by molar-refractivity contribution is 0.0791. The molecule has 0 aliphatic carbocycles. The van der Waals surface area contributed by atoms with Crippen LogP contribution in [0, 0.1) is 0 Å². The maximum atomic E-state index is 5.82. The normalized spacial score (nSPS) is 19.4. The van der Waals surface area contributed by atoms with Gasteiger partial charge in [0.15, 0.2) is 0 Å². The van der Waals surface area contributed by atoms with E-state index in [0.717, 1.165) is 36.7 Å². The Kier molecular flexibility index (Phi) is 4.44. The van der Waals surface area contributed by atoms with Gasteiger partial charge in [-0.1, -0.05) is 0 Å². The summed E-state index contributed by atoms with van der Waals surface area (Å²) in [5, 5.41) is 0. The van der Waals surface area contributed by atoms with Gasteiger partial charge >= 0.3 is 0 Å². The largest absolute Gasteiger partial charge is 0.496 e. The molecule has 1 aromatic carbocycles. The van der Waals surface area contributed by atoms with E-state index in [4.69, 9.17) is 15.2 Å². The van der Waals surface area contributed by atoms with Crippen molar-refractivity contribution in [3.8, 4) is 5.75 Å². The second kappa shape index (κ2) is 6.07. The van der Waals surface area contributed by atoms with Crippen molar-refractivity contribution in [2.24, 2.45) is 0 Å². The van der Waals surface area contributed by atoms with Crippen molar-refractivity contribution in [3.05, 3.63) is 23.8 Å². The van der Waals surface area contributed by atoms with Crippen molar-refractivity contribution in [3.63, 3.8) is 0 Å². The number of methoxy groups -OCH3 is 1. The molecule has 18 heavy (non-hydrogen) atoms. The van der Waals surface area contributed by atoms with Gasteiger partial charge in [-0.3, -0.25) is 4.90 Å². The Morgan fingerprint density at radius 3 is 3.00 bits per heavy atom. The molecule has 2 rings (SSSR count). The molecule has 0 amide bonds. The Balaban J connectivity index is 1.96. The number of anilines is 1. The first kappa shape index (κ1) is 13.2. The van der Waals surface area contributed by atoms with Crippen molar-refractivity contribution < 1.29 is 9.47 Å². The van der Waals surface area contributed by atoms with Gasteiger partial charge in [-0.2, -0.15) is 0 Å². The van der Waals surface area contributed by atoms with E-state index in [1.54, 1.807) is 7.11 Å². The first-order valence-electron chi connectivity index (χ1n) is 6.41. The summed E-state index contributed by atoms with van der Waals surface area (Å²) in [5.74, 6) is 0.892. The lowest BCUT2D eigenvalue weighted by Gasteiger charge is -2.21. The molecule has 100 valence electrons. The van der Waals surface area contributed by atoms with Crippen LogP contribution >= 0.6 is 0 Å². The van der Waals surface area contributed by atoms with Gasteiger partial charge in [0, 0.05) is 30.9 Å². The predicted octanol–water partition coefficient (Wildman–Crippen LogP) is 1.89. The zero-order valence-corrected chi connectivity index (χ0v) is 11.2. The summed E-state index contributed by atoms with van der Waals surface area (Å²) in [5.41, 5.74) is 7.72. The van der Waals surface area contributed by atoms with E-state index in [2.05, 4.69) is 11.9 Å². The van der Waals surface area contributed by atoms with Crippen LogP contribution in [0.4, 0.5) is 5.69 Å². The second-order valence-corrected chi connectivity index (χ2v) is 4.90. The number of benzene rings is 1. The van der Waals surface area contributed by atoms with Gasteiger partial charge in [-0.15, -0.1) is 0 Å². The van der Waals surface area contributed by atoms with Gasteiger partial charge in [-0.05, 0) is 38.1 Å². The highest BCUT2D eigenvalue weighted by Gasteiger charge is 2.18. The molecule has 1 aromatic rings. The third-order valence-electron chi connectivity index (χ3n) is 3.28. The van der Waals surface area contributed by atoms with Crippen LogP contribution in [0.2, 0.25) is 0 Å². The fourth-order valence-corrected chi connectivity index (χ4v) is 2.41. The van der Waals surface area contributed by atoms with E-state index in [-0.39, 0.29) is 0 Å². The van der Waals surface area contributed by atoms with Crippen molar-refractivity contribution in [1.82, 2.24) is 4.90 Å². The average molecular weight is 250 g/mol. The fourth-order valence-electron chi connectivity index (χ4n) is 2.41. The smallest absolute Gasteiger partial charge is 0.123 e. The van der Waals surface area contributed by atoms with Crippen molar-refractivity contribution >= 4 is 5.69 Å². The summed E-state index contributed by atoms with van der Waals surface area (Å²) in [6, 6.07) is 5.76. The quantitative estimate of drug-likeness (QED) is 0.811. The molecule has 0 saturated carbocycles. The Hall–Kier alpha value is -1.26. The molecule has 0 radical (unpaired) electrons. The number of likely N-dealkylation sites (N-methyl/N-ethyl adjacent to an activating group) is 1. The number of hydrogen-bond acceptors (Lipinski definition) is 4. The molecular weight excluding hydrogens is 228 g/mol. The van der Waals surface area contributed by atoms with Gasteiger partial charge in [0.1, 0.15) is 5.75 Å².